The second kappa shape index (κ2) is 9.43. The van der Waals surface area contributed by atoms with Crippen LogP contribution in [0.1, 0.15) is 11.1 Å². The Kier molecular flexibility index (Phi) is 6.63. The zero-order chi connectivity index (χ0) is 22.7. The molecule has 2 aromatic rings. The van der Waals surface area contributed by atoms with Crippen LogP contribution in [0, 0.1) is 5.82 Å². The maximum atomic E-state index is 14.0. The van der Waals surface area contributed by atoms with Gasteiger partial charge < -0.3 is 14.4 Å². The molecule has 8 nitrogen and oxygen atoms in total. The third-order valence-electron chi connectivity index (χ3n) is 5.65. The molecule has 1 amide bonds. The van der Waals surface area contributed by atoms with Gasteiger partial charge >= 0.3 is 0 Å². The third kappa shape index (κ3) is 5.37. The summed E-state index contributed by atoms with van der Waals surface area (Å²) in [6, 6.07) is 11.8. The Morgan fingerprint density at radius 3 is 2.50 bits per heavy atom. The second-order valence-electron chi connectivity index (χ2n) is 7.97. The molecule has 2 aliphatic rings. The normalized spacial score (nSPS) is 16.5. The molecule has 1 saturated heterocycles. The predicted molar refractivity (Wildman–Crippen MR) is 116 cm³/mol. The fourth-order valence-corrected chi connectivity index (χ4v) is 4.53. The van der Waals surface area contributed by atoms with Crippen molar-refractivity contribution in [3.05, 3.63) is 59.4 Å². The van der Waals surface area contributed by atoms with Crippen LogP contribution in [0.2, 0.25) is 0 Å². The topological polar surface area (TPSA) is 79.4 Å². The van der Waals surface area contributed by atoms with Crippen molar-refractivity contribution in [3.63, 3.8) is 0 Å². The minimum atomic E-state index is -3.68. The largest absolute Gasteiger partial charge is 0.454 e. The van der Waals surface area contributed by atoms with E-state index in [1.807, 2.05) is 18.2 Å². The molecule has 0 aromatic heterocycles. The fraction of sp³-hybridized carbons (Fsp3) is 0.409. The predicted octanol–water partition coefficient (Wildman–Crippen LogP) is 1.66. The Balaban J connectivity index is 1.32. The van der Waals surface area contributed by atoms with Gasteiger partial charge in [-0.15, -0.1) is 0 Å². The molecular formula is C22H26FN3O5S. The van der Waals surface area contributed by atoms with Gasteiger partial charge in [-0.3, -0.25) is 9.69 Å². The number of carbonyl (C=O) groups excluding carboxylic acids is 1. The lowest BCUT2D eigenvalue weighted by Crippen LogP contribution is -2.51. The molecule has 0 bridgehead atoms. The third-order valence-corrected chi connectivity index (χ3v) is 6.85. The number of amides is 1. The molecular weight excluding hydrogens is 437 g/mol. The molecule has 2 heterocycles. The first-order valence-corrected chi connectivity index (χ1v) is 12.2. The van der Waals surface area contributed by atoms with Crippen molar-refractivity contribution in [2.75, 3.05) is 45.8 Å². The molecule has 1 fully saturated rings. The van der Waals surface area contributed by atoms with Gasteiger partial charge in [0.05, 0.1) is 12.8 Å². The molecule has 0 atom stereocenters. The minimum absolute atomic E-state index is 0.179. The zero-order valence-corrected chi connectivity index (χ0v) is 18.7. The monoisotopic (exact) mass is 463 g/mol. The van der Waals surface area contributed by atoms with Crippen molar-refractivity contribution in [2.45, 2.75) is 13.1 Å². The van der Waals surface area contributed by atoms with Gasteiger partial charge in [0, 0.05) is 44.8 Å². The first-order valence-electron chi connectivity index (χ1n) is 10.4. The van der Waals surface area contributed by atoms with E-state index in [1.165, 1.54) is 18.2 Å². The van der Waals surface area contributed by atoms with E-state index >= 15 is 0 Å². The summed E-state index contributed by atoms with van der Waals surface area (Å²) in [7, 11) is -3.68. The van der Waals surface area contributed by atoms with E-state index in [-0.39, 0.29) is 31.4 Å². The lowest BCUT2D eigenvalue weighted by molar-refractivity contribution is -0.133. The molecule has 0 unspecified atom stereocenters. The van der Waals surface area contributed by atoms with Crippen molar-refractivity contribution in [3.8, 4) is 11.5 Å². The molecule has 0 radical (unpaired) electrons. The highest BCUT2D eigenvalue weighted by molar-refractivity contribution is 7.88. The number of hydrogen-bond acceptors (Lipinski definition) is 6. The van der Waals surface area contributed by atoms with Gasteiger partial charge in [-0.25, -0.2) is 12.8 Å². The number of rotatable bonds is 7. The number of halogens is 1. The van der Waals surface area contributed by atoms with Gasteiger partial charge in [0.1, 0.15) is 5.82 Å². The maximum Gasteiger partial charge on any atom is 0.237 e. The number of benzene rings is 2. The van der Waals surface area contributed by atoms with Crippen molar-refractivity contribution < 1.29 is 27.1 Å². The van der Waals surface area contributed by atoms with E-state index in [2.05, 4.69) is 4.90 Å². The van der Waals surface area contributed by atoms with Crippen LogP contribution >= 0.6 is 0 Å². The average Bonchev–Trinajstić information content (AvgIpc) is 3.22. The van der Waals surface area contributed by atoms with E-state index in [4.69, 9.17) is 9.47 Å². The molecule has 172 valence electrons. The minimum Gasteiger partial charge on any atom is -0.454 e. The molecule has 10 heteroatoms. The first kappa shape index (κ1) is 22.5. The molecule has 32 heavy (non-hydrogen) atoms. The number of fused-ring (bicyclic) bond motifs is 1. The highest BCUT2D eigenvalue weighted by Crippen LogP contribution is 2.32. The standard InChI is InChI=1S/C22H26FN3O5S/c1-32(28,29)26(14-18-4-2-3-5-19(18)23)15-22(27)25-10-8-24(9-11-25)13-17-6-7-20-21(12-17)31-16-30-20/h2-7,12H,8-11,13-16H2,1H3. The van der Waals surface area contributed by atoms with Crippen molar-refractivity contribution in [1.29, 1.82) is 0 Å². The summed E-state index contributed by atoms with van der Waals surface area (Å²) in [6.45, 7) is 2.82. The van der Waals surface area contributed by atoms with Gasteiger partial charge in [0.25, 0.3) is 0 Å². The van der Waals surface area contributed by atoms with Gasteiger partial charge in [0.2, 0.25) is 22.7 Å². The quantitative estimate of drug-likeness (QED) is 0.622. The lowest BCUT2D eigenvalue weighted by Gasteiger charge is -2.35. The summed E-state index contributed by atoms with van der Waals surface area (Å²) in [6.07, 6.45) is 1.03. The zero-order valence-electron chi connectivity index (χ0n) is 17.9. The van der Waals surface area contributed by atoms with Crippen LogP contribution in [0.5, 0.6) is 11.5 Å². The number of nitrogens with zero attached hydrogens (tertiary/aromatic N) is 3. The molecule has 0 saturated carbocycles. The molecule has 4 rings (SSSR count). The van der Waals surface area contributed by atoms with E-state index in [9.17, 15) is 17.6 Å². The van der Waals surface area contributed by atoms with Crippen LogP contribution in [0.3, 0.4) is 0 Å². The van der Waals surface area contributed by atoms with E-state index in [0.717, 1.165) is 34.2 Å². The van der Waals surface area contributed by atoms with Crippen LogP contribution in [0.25, 0.3) is 0 Å². The molecule has 2 aromatic carbocycles. The SMILES string of the molecule is CS(=O)(=O)N(CC(=O)N1CCN(Cc2ccc3c(c2)OCO3)CC1)Cc1ccccc1F. The smallest absolute Gasteiger partial charge is 0.237 e. The first-order chi connectivity index (χ1) is 15.3. The van der Waals surface area contributed by atoms with Gasteiger partial charge in [0.15, 0.2) is 11.5 Å². The summed E-state index contributed by atoms with van der Waals surface area (Å²) in [4.78, 5) is 16.7. The maximum absolute atomic E-state index is 14.0. The number of hydrogen-bond donors (Lipinski definition) is 0. The highest BCUT2D eigenvalue weighted by Gasteiger charge is 2.27. The fourth-order valence-electron chi connectivity index (χ4n) is 3.81. The van der Waals surface area contributed by atoms with Crippen LogP contribution in [-0.2, 0) is 27.9 Å². The Morgan fingerprint density at radius 1 is 1.06 bits per heavy atom. The Morgan fingerprint density at radius 2 is 1.78 bits per heavy atom. The number of piperazine rings is 1. The summed E-state index contributed by atoms with van der Waals surface area (Å²) >= 11 is 0. The molecule has 0 N–H and O–H groups in total. The average molecular weight is 464 g/mol. The van der Waals surface area contributed by atoms with Gasteiger partial charge in [-0.2, -0.15) is 4.31 Å². The van der Waals surface area contributed by atoms with Gasteiger partial charge in [-0.05, 0) is 23.8 Å². The molecule has 0 aliphatic carbocycles. The summed E-state index contributed by atoms with van der Waals surface area (Å²) in [5.41, 5.74) is 1.33. The van der Waals surface area contributed by atoms with Crippen molar-refractivity contribution in [2.24, 2.45) is 0 Å². The van der Waals surface area contributed by atoms with E-state index in [1.54, 1.807) is 11.0 Å². The number of ether oxygens (including phenoxy) is 2. The number of carbonyl (C=O) groups is 1. The van der Waals surface area contributed by atoms with Crippen LogP contribution in [0.4, 0.5) is 4.39 Å². The van der Waals surface area contributed by atoms with Crippen molar-refractivity contribution >= 4 is 15.9 Å². The van der Waals surface area contributed by atoms with Crippen molar-refractivity contribution in [1.82, 2.24) is 14.1 Å². The lowest BCUT2D eigenvalue weighted by atomic mass is 10.1. The van der Waals surface area contributed by atoms with Crippen LogP contribution in [0.15, 0.2) is 42.5 Å². The molecule has 2 aliphatic heterocycles. The Labute approximate surface area is 187 Å². The van der Waals surface area contributed by atoms with E-state index in [0.29, 0.717) is 26.2 Å². The summed E-state index contributed by atoms with van der Waals surface area (Å²) in [5, 5.41) is 0. The highest BCUT2D eigenvalue weighted by atomic mass is 32.2. The van der Waals surface area contributed by atoms with Crippen LogP contribution < -0.4 is 9.47 Å². The van der Waals surface area contributed by atoms with Crippen LogP contribution in [-0.4, -0.2) is 74.2 Å². The Bertz CT molecular complexity index is 1090. The number of sulfonamides is 1. The Hall–Kier alpha value is -2.69. The summed E-state index contributed by atoms with van der Waals surface area (Å²) in [5.74, 6) is 0.710. The summed E-state index contributed by atoms with van der Waals surface area (Å²) < 4.78 is 50.2. The van der Waals surface area contributed by atoms with E-state index < -0.39 is 15.8 Å². The molecule has 0 spiro atoms. The second-order valence-corrected chi connectivity index (χ2v) is 9.95. The van der Waals surface area contributed by atoms with Gasteiger partial charge in [-0.1, -0.05) is 24.3 Å².